The SMILES string of the molecule is CCCCOC(=O)C1(c2ccc(N(C)C)cc2)NC(C(=O)O)CS1. The van der Waals surface area contributed by atoms with Gasteiger partial charge in [-0.05, 0) is 24.1 Å². The lowest BCUT2D eigenvalue weighted by molar-refractivity contribution is -0.148. The summed E-state index contributed by atoms with van der Waals surface area (Å²) in [5, 5.41) is 12.2. The van der Waals surface area contributed by atoms with Crippen LogP contribution in [0.15, 0.2) is 24.3 Å². The van der Waals surface area contributed by atoms with Gasteiger partial charge < -0.3 is 14.7 Å². The van der Waals surface area contributed by atoms with Gasteiger partial charge in [0.15, 0.2) is 4.87 Å². The van der Waals surface area contributed by atoms with Gasteiger partial charge in [-0.1, -0.05) is 25.5 Å². The van der Waals surface area contributed by atoms with E-state index in [1.54, 1.807) is 0 Å². The number of rotatable bonds is 7. The molecule has 132 valence electrons. The van der Waals surface area contributed by atoms with Crippen LogP contribution in [-0.2, 0) is 19.2 Å². The van der Waals surface area contributed by atoms with Crippen molar-refractivity contribution in [1.29, 1.82) is 0 Å². The van der Waals surface area contributed by atoms with Crippen molar-refractivity contribution in [1.82, 2.24) is 5.32 Å². The van der Waals surface area contributed by atoms with E-state index in [-0.39, 0.29) is 0 Å². The summed E-state index contributed by atoms with van der Waals surface area (Å²) in [7, 11) is 3.87. The number of carbonyl (C=O) groups is 2. The van der Waals surface area contributed by atoms with Gasteiger partial charge in [-0.3, -0.25) is 10.1 Å². The smallest absolute Gasteiger partial charge is 0.341 e. The van der Waals surface area contributed by atoms with Crippen LogP contribution in [0.3, 0.4) is 0 Å². The zero-order valence-electron chi connectivity index (χ0n) is 14.2. The summed E-state index contributed by atoms with van der Waals surface area (Å²) < 4.78 is 5.40. The van der Waals surface area contributed by atoms with Crippen molar-refractivity contribution >= 4 is 29.4 Å². The molecule has 1 aliphatic rings. The Morgan fingerprint density at radius 2 is 2.04 bits per heavy atom. The second kappa shape index (κ2) is 7.90. The normalized spacial score (nSPS) is 23.0. The highest BCUT2D eigenvalue weighted by molar-refractivity contribution is 8.01. The third kappa shape index (κ3) is 3.84. The highest BCUT2D eigenvalue weighted by atomic mass is 32.2. The summed E-state index contributed by atoms with van der Waals surface area (Å²) >= 11 is 1.28. The zero-order valence-corrected chi connectivity index (χ0v) is 15.1. The molecule has 2 N–H and O–H groups in total. The van der Waals surface area contributed by atoms with E-state index in [0.717, 1.165) is 18.5 Å². The number of hydrogen-bond donors (Lipinski definition) is 2. The van der Waals surface area contributed by atoms with E-state index in [1.807, 2.05) is 50.2 Å². The van der Waals surface area contributed by atoms with Crippen LogP contribution in [0, 0.1) is 0 Å². The molecule has 1 aliphatic heterocycles. The molecule has 0 aromatic heterocycles. The largest absolute Gasteiger partial charge is 0.480 e. The number of unbranched alkanes of at least 4 members (excludes halogenated alkanes) is 1. The maximum atomic E-state index is 12.7. The topological polar surface area (TPSA) is 78.9 Å². The minimum absolute atomic E-state index is 0.313. The van der Waals surface area contributed by atoms with Gasteiger partial charge in [0.2, 0.25) is 0 Å². The van der Waals surface area contributed by atoms with Gasteiger partial charge in [-0.2, -0.15) is 0 Å². The van der Waals surface area contributed by atoms with Crippen LogP contribution in [-0.4, -0.2) is 49.5 Å². The molecule has 1 aromatic rings. The number of anilines is 1. The fourth-order valence-electron chi connectivity index (χ4n) is 2.48. The molecule has 0 spiro atoms. The van der Waals surface area contributed by atoms with Crippen LogP contribution < -0.4 is 10.2 Å². The maximum absolute atomic E-state index is 12.7. The fourth-order valence-corrected chi connectivity index (χ4v) is 3.83. The van der Waals surface area contributed by atoms with Crippen LogP contribution in [0.1, 0.15) is 25.3 Å². The molecule has 7 heteroatoms. The first-order valence-corrected chi connectivity index (χ1v) is 8.99. The lowest BCUT2D eigenvalue weighted by atomic mass is 10.0. The monoisotopic (exact) mass is 352 g/mol. The predicted molar refractivity (Wildman–Crippen MR) is 95.3 cm³/mol. The number of carbonyl (C=O) groups excluding carboxylic acids is 1. The molecule has 1 fully saturated rings. The molecule has 24 heavy (non-hydrogen) atoms. The van der Waals surface area contributed by atoms with Gasteiger partial charge in [-0.15, -0.1) is 11.8 Å². The molecule has 2 atom stereocenters. The Labute approximate surface area is 146 Å². The molecular formula is C17H24N2O4S. The molecule has 0 radical (unpaired) electrons. The molecule has 1 aromatic carbocycles. The van der Waals surface area contributed by atoms with Crippen LogP contribution in [0.25, 0.3) is 0 Å². The summed E-state index contributed by atoms with van der Waals surface area (Å²) in [4.78, 5) is 24.8. The second-order valence-electron chi connectivity index (χ2n) is 5.96. The Morgan fingerprint density at radius 3 is 2.54 bits per heavy atom. The van der Waals surface area contributed by atoms with Gasteiger partial charge >= 0.3 is 11.9 Å². The lowest BCUT2D eigenvalue weighted by Crippen LogP contribution is -2.49. The molecule has 0 amide bonds. The number of hydrogen-bond acceptors (Lipinski definition) is 6. The number of carboxylic acid groups (broad SMARTS) is 1. The van der Waals surface area contributed by atoms with E-state index >= 15 is 0 Å². The van der Waals surface area contributed by atoms with E-state index in [4.69, 9.17) is 4.74 Å². The van der Waals surface area contributed by atoms with E-state index in [0.29, 0.717) is 17.9 Å². The third-order valence-corrected chi connectivity index (χ3v) is 5.40. The van der Waals surface area contributed by atoms with Crippen LogP contribution in [0.4, 0.5) is 5.69 Å². The van der Waals surface area contributed by atoms with Crippen molar-refractivity contribution < 1.29 is 19.4 Å². The van der Waals surface area contributed by atoms with E-state index in [2.05, 4.69) is 5.32 Å². The highest BCUT2D eigenvalue weighted by Crippen LogP contribution is 2.41. The van der Waals surface area contributed by atoms with Crippen LogP contribution in [0.5, 0.6) is 0 Å². The Morgan fingerprint density at radius 1 is 1.38 bits per heavy atom. The Kier molecular flexibility index (Phi) is 6.12. The summed E-state index contributed by atoms with van der Waals surface area (Å²) in [5.41, 5.74) is 1.72. The van der Waals surface area contributed by atoms with Crippen molar-refractivity contribution in [3.8, 4) is 0 Å². The Bertz CT molecular complexity index is 591. The van der Waals surface area contributed by atoms with Crippen molar-refractivity contribution in [2.24, 2.45) is 0 Å². The average molecular weight is 352 g/mol. The second-order valence-corrected chi connectivity index (χ2v) is 7.19. The van der Waals surface area contributed by atoms with E-state index in [9.17, 15) is 14.7 Å². The first-order valence-electron chi connectivity index (χ1n) is 8.00. The minimum atomic E-state index is -1.17. The van der Waals surface area contributed by atoms with Gasteiger partial charge in [0.05, 0.1) is 6.61 Å². The first kappa shape index (κ1) is 18.6. The third-order valence-electron chi connectivity index (χ3n) is 3.95. The number of nitrogens with one attached hydrogen (secondary N) is 1. The van der Waals surface area contributed by atoms with Crippen LogP contribution in [0.2, 0.25) is 0 Å². The molecule has 1 heterocycles. The fraction of sp³-hybridized carbons (Fsp3) is 0.529. The molecule has 2 unspecified atom stereocenters. The first-order chi connectivity index (χ1) is 11.4. The van der Waals surface area contributed by atoms with Crippen molar-refractivity contribution in [2.75, 3.05) is 31.4 Å². The molecule has 6 nitrogen and oxygen atoms in total. The Balaban J connectivity index is 2.29. The number of thioether (sulfide) groups is 1. The highest BCUT2D eigenvalue weighted by Gasteiger charge is 2.50. The van der Waals surface area contributed by atoms with Gasteiger partial charge in [0.1, 0.15) is 6.04 Å². The minimum Gasteiger partial charge on any atom is -0.480 e. The maximum Gasteiger partial charge on any atom is 0.341 e. The van der Waals surface area contributed by atoms with E-state index in [1.165, 1.54) is 11.8 Å². The number of ether oxygens (including phenoxy) is 1. The summed E-state index contributed by atoms with van der Waals surface area (Å²) in [6.07, 6.45) is 1.71. The molecule has 0 aliphatic carbocycles. The summed E-state index contributed by atoms with van der Waals surface area (Å²) in [6, 6.07) is 6.74. The predicted octanol–water partition coefficient (Wildman–Crippen LogP) is 2.04. The van der Waals surface area contributed by atoms with Crippen LogP contribution >= 0.6 is 11.8 Å². The quantitative estimate of drug-likeness (QED) is 0.574. The number of nitrogens with zero attached hydrogens (tertiary/aromatic N) is 1. The molecule has 2 rings (SSSR count). The van der Waals surface area contributed by atoms with Gasteiger partial charge in [0, 0.05) is 25.5 Å². The van der Waals surface area contributed by atoms with Crippen molar-refractivity contribution in [3.05, 3.63) is 29.8 Å². The summed E-state index contributed by atoms with van der Waals surface area (Å²) in [6.45, 7) is 2.36. The van der Waals surface area contributed by atoms with E-state index < -0.39 is 22.9 Å². The van der Waals surface area contributed by atoms with Gasteiger partial charge in [-0.25, -0.2) is 4.79 Å². The Hall–Kier alpha value is -1.73. The number of benzene rings is 1. The number of aliphatic carboxylic acids is 1. The van der Waals surface area contributed by atoms with Crippen molar-refractivity contribution in [2.45, 2.75) is 30.7 Å². The molecule has 0 saturated carbocycles. The van der Waals surface area contributed by atoms with Crippen molar-refractivity contribution in [3.63, 3.8) is 0 Å². The molecular weight excluding hydrogens is 328 g/mol. The number of esters is 1. The zero-order chi connectivity index (χ0) is 17.7. The van der Waals surface area contributed by atoms with Gasteiger partial charge in [0.25, 0.3) is 0 Å². The number of carboxylic acids is 1. The molecule has 0 bridgehead atoms. The lowest BCUT2D eigenvalue weighted by Gasteiger charge is -2.28. The standard InChI is InChI=1S/C17H24N2O4S/c1-4-5-10-23-16(22)17(18-14(11-24-17)15(20)21)12-6-8-13(9-7-12)19(2)3/h6-9,14,18H,4-5,10-11H2,1-3H3,(H,20,21). The molecule has 1 saturated heterocycles. The average Bonchev–Trinajstić information content (AvgIpc) is 3.02. The summed E-state index contributed by atoms with van der Waals surface area (Å²) in [5.74, 6) is -1.08.